The van der Waals surface area contributed by atoms with Gasteiger partial charge in [0, 0.05) is 23.4 Å². The fourth-order valence-electron chi connectivity index (χ4n) is 1.71. The molecule has 1 aromatic rings. The Hall–Kier alpha value is -1.19. The van der Waals surface area contributed by atoms with Crippen molar-refractivity contribution in [2.75, 3.05) is 5.32 Å². The first-order valence-electron chi connectivity index (χ1n) is 5.28. The van der Waals surface area contributed by atoms with Gasteiger partial charge in [0.1, 0.15) is 0 Å². The van der Waals surface area contributed by atoms with Crippen LogP contribution in [0.2, 0.25) is 0 Å². The summed E-state index contributed by atoms with van der Waals surface area (Å²) in [6.45, 7) is 5.88. The molecule has 1 N–H and O–H groups in total. The molecule has 0 aliphatic heterocycles. The van der Waals surface area contributed by atoms with E-state index in [1.54, 1.807) is 0 Å². The van der Waals surface area contributed by atoms with Crippen molar-refractivity contribution in [1.82, 2.24) is 0 Å². The average molecular weight is 231 g/mol. The van der Waals surface area contributed by atoms with Gasteiger partial charge in [0.05, 0.1) is 0 Å². The normalized spacial score (nSPS) is 11.6. The van der Waals surface area contributed by atoms with E-state index in [4.69, 9.17) is 0 Å². The van der Waals surface area contributed by atoms with E-state index in [2.05, 4.69) is 5.32 Å². The van der Waals surface area contributed by atoms with E-state index in [1.807, 2.05) is 20.8 Å². The summed E-state index contributed by atoms with van der Waals surface area (Å²) in [6.07, 6.45) is 1.81. The van der Waals surface area contributed by atoms with Crippen LogP contribution in [0.4, 0.5) is 18.9 Å². The van der Waals surface area contributed by atoms with Crippen molar-refractivity contribution in [1.29, 1.82) is 0 Å². The van der Waals surface area contributed by atoms with Crippen molar-refractivity contribution in [2.45, 2.75) is 39.2 Å². The van der Waals surface area contributed by atoms with Gasteiger partial charge in [0.2, 0.25) is 0 Å². The van der Waals surface area contributed by atoms with Crippen LogP contribution in [-0.4, -0.2) is 5.54 Å². The fraction of sp³-hybridized carbons (Fsp3) is 0.500. The SMILES string of the molecule is CCCC(C)(C)Nc1cc(F)c(F)c(F)c1. The molecule has 0 atom stereocenters. The summed E-state index contributed by atoms with van der Waals surface area (Å²) in [6, 6.07) is 1.94. The molecule has 0 aliphatic rings. The predicted octanol–water partition coefficient (Wildman–Crippen LogP) is 4.09. The summed E-state index contributed by atoms with van der Waals surface area (Å²) in [5.41, 5.74) is -0.0132. The Morgan fingerprint density at radius 3 is 2.06 bits per heavy atom. The molecular weight excluding hydrogens is 215 g/mol. The maximum Gasteiger partial charge on any atom is 0.194 e. The summed E-state index contributed by atoms with van der Waals surface area (Å²) in [5.74, 6) is -3.77. The lowest BCUT2D eigenvalue weighted by atomic mass is 9.98. The molecule has 0 bridgehead atoms. The van der Waals surface area contributed by atoms with Crippen LogP contribution in [0.5, 0.6) is 0 Å². The lowest BCUT2D eigenvalue weighted by Gasteiger charge is -2.27. The van der Waals surface area contributed by atoms with E-state index in [0.29, 0.717) is 0 Å². The van der Waals surface area contributed by atoms with E-state index in [-0.39, 0.29) is 11.2 Å². The third kappa shape index (κ3) is 3.15. The largest absolute Gasteiger partial charge is 0.380 e. The minimum atomic E-state index is -1.43. The van der Waals surface area contributed by atoms with Crippen LogP contribution in [0.25, 0.3) is 0 Å². The van der Waals surface area contributed by atoms with Crippen LogP contribution >= 0.6 is 0 Å². The molecule has 0 aliphatic carbocycles. The summed E-state index contributed by atoms with van der Waals surface area (Å²) in [4.78, 5) is 0. The van der Waals surface area contributed by atoms with Gasteiger partial charge in [-0.25, -0.2) is 13.2 Å². The Bertz CT molecular complexity index is 352. The first kappa shape index (κ1) is 12.9. The van der Waals surface area contributed by atoms with E-state index in [0.717, 1.165) is 25.0 Å². The van der Waals surface area contributed by atoms with Gasteiger partial charge < -0.3 is 5.32 Å². The lowest BCUT2D eigenvalue weighted by Crippen LogP contribution is -2.30. The van der Waals surface area contributed by atoms with Crippen molar-refractivity contribution in [3.63, 3.8) is 0 Å². The molecule has 0 fully saturated rings. The number of nitrogens with one attached hydrogen (secondary N) is 1. The van der Waals surface area contributed by atoms with Crippen LogP contribution in [-0.2, 0) is 0 Å². The highest BCUT2D eigenvalue weighted by molar-refractivity contribution is 5.46. The van der Waals surface area contributed by atoms with Crippen molar-refractivity contribution in [3.05, 3.63) is 29.6 Å². The van der Waals surface area contributed by atoms with Crippen molar-refractivity contribution in [3.8, 4) is 0 Å². The molecule has 0 heterocycles. The highest BCUT2D eigenvalue weighted by atomic mass is 19.2. The second-order valence-corrected chi connectivity index (χ2v) is 4.51. The molecule has 16 heavy (non-hydrogen) atoms. The van der Waals surface area contributed by atoms with Crippen LogP contribution in [0.15, 0.2) is 12.1 Å². The molecular formula is C12H16F3N. The van der Waals surface area contributed by atoms with Crippen molar-refractivity contribution < 1.29 is 13.2 Å². The summed E-state index contributed by atoms with van der Waals surface area (Å²) in [7, 11) is 0. The van der Waals surface area contributed by atoms with E-state index in [9.17, 15) is 13.2 Å². The molecule has 0 aromatic heterocycles. The lowest BCUT2D eigenvalue weighted by molar-refractivity contribution is 0.446. The summed E-state index contributed by atoms with van der Waals surface area (Å²) >= 11 is 0. The van der Waals surface area contributed by atoms with Crippen LogP contribution < -0.4 is 5.32 Å². The van der Waals surface area contributed by atoms with Gasteiger partial charge in [-0.05, 0) is 20.3 Å². The summed E-state index contributed by atoms with van der Waals surface area (Å²) < 4.78 is 38.6. The van der Waals surface area contributed by atoms with Gasteiger partial charge in [0.15, 0.2) is 17.5 Å². The minimum Gasteiger partial charge on any atom is -0.380 e. The first-order chi connectivity index (χ1) is 7.35. The monoisotopic (exact) mass is 231 g/mol. The zero-order valence-electron chi connectivity index (χ0n) is 9.70. The smallest absolute Gasteiger partial charge is 0.194 e. The van der Waals surface area contributed by atoms with Gasteiger partial charge in [-0.15, -0.1) is 0 Å². The van der Waals surface area contributed by atoms with E-state index in [1.165, 1.54) is 0 Å². The molecule has 0 amide bonds. The first-order valence-corrected chi connectivity index (χ1v) is 5.28. The Morgan fingerprint density at radius 1 is 1.12 bits per heavy atom. The Morgan fingerprint density at radius 2 is 1.62 bits per heavy atom. The molecule has 0 radical (unpaired) electrons. The highest BCUT2D eigenvalue weighted by Crippen LogP contribution is 2.23. The number of hydrogen-bond donors (Lipinski definition) is 1. The van der Waals surface area contributed by atoms with Gasteiger partial charge in [-0.3, -0.25) is 0 Å². The van der Waals surface area contributed by atoms with Gasteiger partial charge >= 0.3 is 0 Å². The topological polar surface area (TPSA) is 12.0 Å². The van der Waals surface area contributed by atoms with Gasteiger partial charge in [-0.1, -0.05) is 13.3 Å². The number of halogens is 3. The van der Waals surface area contributed by atoms with Crippen molar-refractivity contribution in [2.24, 2.45) is 0 Å². The Balaban J connectivity index is 2.90. The maximum atomic E-state index is 12.9. The van der Waals surface area contributed by atoms with Gasteiger partial charge in [0.25, 0.3) is 0 Å². The van der Waals surface area contributed by atoms with E-state index >= 15 is 0 Å². The molecule has 0 saturated carbocycles. The molecule has 90 valence electrons. The second-order valence-electron chi connectivity index (χ2n) is 4.51. The molecule has 0 unspecified atom stereocenters. The maximum absolute atomic E-state index is 12.9. The quantitative estimate of drug-likeness (QED) is 0.769. The molecule has 1 nitrogen and oxygen atoms in total. The summed E-state index contributed by atoms with van der Waals surface area (Å²) in [5, 5.41) is 2.98. The number of anilines is 1. The zero-order chi connectivity index (χ0) is 12.3. The molecule has 0 spiro atoms. The highest BCUT2D eigenvalue weighted by Gasteiger charge is 2.18. The standard InChI is InChI=1S/C12H16F3N/c1-4-5-12(2,3)16-8-6-9(13)11(15)10(14)7-8/h6-7,16H,4-5H2,1-3H3. The third-order valence-corrected chi connectivity index (χ3v) is 2.34. The fourth-order valence-corrected chi connectivity index (χ4v) is 1.71. The average Bonchev–Trinajstić information content (AvgIpc) is 2.13. The van der Waals surface area contributed by atoms with Crippen LogP contribution in [0.1, 0.15) is 33.6 Å². The van der Waals surface area contributed by atoms with E-state index < -0.39 is 17.5 Å². The second kappa shape index (κ2) is 4.76. The minimum absolute atomic E-state index is 0.259. The Kier molecular flexibility index (Phi) is 3.83. The number of rotatable bonds is 4. The number of benzene rings is 1. The molecule has 4 heteroatoms. The molecule has 1 aromatic carbocycles. The van der Waals surface area contributed by atoms with Crippen molar-refractivity contribution >= 4 is 5.69 Å². The van der Waals surface area contributed by atoms with Crippen LogP contribution in [0, 0.1) is 17.5 Å². The predicted molar refractivity (Wildman–Crippen MR) is 58.9 cm³/mol. The molecule has 0 saturated heterocycles. The Labute approximate surface area is 93.7 Å². The van der Waals surface area contributed by atoms with Crippen LogP contribution in [0.3, 0.4) is 0 Å². The zero-order valence-corrected chi connectivity index (χ0v) is 9.70. The third-order valence-electron chi connectivity index (χ3n) is 2.34. The number of hydrogen-bond acceptors (Lipinski definition) is 1. The van der Waals surface area contributed by atoms with Gasteiger partial charge in [-0.2, -0.15) is 0 Å². The molecule has 1 rings (SSSR count).